The number of benzene rings is 1. The van der Waals surface area contributed by atoms with E-state index in [1.54, 1.807) is 58.4 Å². The minimum Gasteiger partial charge on any atom is -0.443 e. The number of allylic oxidation sites excluding steroid dienone is 1. The summed E-state index contributed by atoms with van der Waals surface area (Å²) < 4.78 is 10.8. The van der Waals surface area contributed by atoms with E-state index in [2.05, 4.69) is 17.5 Å². The quantitative estimate of drug-likeness (QED) is 0.178. The van der Waals surface area contributed by atoms with Crippen LogP contribution in [-0.2, 0) is 19.1 Å². The molecule has 0 aromatic heterocycles. The Morgan fingerprint density at radius 3 is 2.04 bits per heavy atom. The minimum absolute atomic E-state index is 0.257. The Labute approximate surface area is 274 Å². The first-order chi connectivity index (χ1) is 21.6. The lowest BCUT2D eigenvalue weighted by atomic mass is 10.0. The Morgan fingerprint density at radius 2 is 1.48 bits per heavy atom. The van der Waals surface area contributed by atoms with Gasteiger partial charge in [0.1, 0.15) is 17.2 Å². The molecule has 2 N–H and O–H groups in total. The van der Waals surface area contributed by atoms with Crippen molar-refractivity contribution >= 4 is 41.5 Å². The fourth-order valence-corrected chi connectivity index (χ4v) is 5.56. The lowest BCUT2D eigenvalue weighted by Gasteiger charge is -2.34. The number of fused-ring (bicyclic) bond motifs is 1. The van der Waals surface area contributed by atoms with Crippen LogP contribution in [0.2, 0.25) is 0 Å². The number of nitrogens with zero attached hydrogens (tertiary/aromatic N) is 3. The van der Waals surface area contributed by atoms with Gasteiger partial charge >= 0.3 is 12.2 Å². The Hall–Kier alpha value is -3.60. The summed E-state index contributed by atoms with van der Waals surface area (Å²) >= 11 is 0. The van der Waals surface area contributed by atoms with Gasteiger partial charge in [0, 0.05) is 20.0 Å². The number of anilines is 2. The van der Waals surface area contributed by atoms with Crippen LogP contribution in [0.3, 0.4) is 0 Å². The number of rotatable bonds is 13. The molecule has 1 aromatic carbocycles. The number of hydrogen-bond donors (Lipinski definition) is 2. The first-order valence-corrected chi connectivity index (χ1v) is 16.6. The second-order valence-corrected chi connectivity index (χ2v) is 14.2. The molecule has 256 valence electrons. The summed E-state index contributed by atoms with van der Waals surface area (Å²) in [5, 5.41) is 13.2. The molecule has 0 bridgehead atoms. The molecule has 2 aliphatic rings. The number of ether oxygens (including phenoxy) is 2. The molecule has 11 heteroatoms. The summed E-state index contributed by atoms with van der Waals surface area (Å²) in [6.07, 6.45) is 11.9. The van der Waals surface area contributed by atoms with Crippen LogP contribution in [0.4, 0.5) is 21.0 Å². The van der Waals surface area contributed by atoms with Crippen molar-refractivity contribution in [1.82, 2.24) is 10.2 Å². The summed E-state index contributed by atoms with van der Waals surface area (Å²) in [4.78, 5) is 53.7. The molecule has 46 heavy (non-hydrogen) atoms. The molecule has 3 rings (SSSR count). The predicted molar refractivity (Wildman–Crippen MR) is 179 cm³/mol. The van der Waals surface area contributed by atoms with Crippen LogP contribution >= 0.6 is 0 Å². The van der Waals surface area contributed by atoms with E-state index in [4.69, 9.17) is 9.47 Å². The van der Waals surface area contributed by atoms with Crippen molar-refractivity contribution in [3.8, 4) is 0 Å². The SMILES string of the molecule is CN1c2cc(/C=C/CCCCCCCCCCN(C(=O)OC(C)(C)C)C(=O)OC(C)(C)C)ccc2N(C2CCC(=O)NC2=O)C1O. The number of unbranched alkanes of at least 4 members (excludes halogenated alkanes) is 8. The molecule has 1 fully saturated rings. The number of aliphatic hydroxyl groups excluding tert-OH is 1. The molecule has 11 nitrogen and oxygen atoms in total. The van der Waals surface area contributed by atoms with Gasteiger partial charge in [-0.2, -0.15) is 0 Å². The molecule has 2 unspecified atom stereocenters. The van der Waals surface area contributed by atoms with Gasteiger partial charge in [-0.1, -0.05) is 56.7 Å². The first-order valence-electron chi connectivity index (χ1n) is 16.6. The number of carbonyl (C=O) groups excluding carboxylic acids is 4. The van der Waals surface area contributed by atoms with Gasteiger partial charge < -0.3 is 24.4 Å². The van der Waals surface area contributed by atoms with E-state index >= 15 is 0 Å². The van der Waals surface area contributed by atoms with Gasteiger partial charge in [0.15, 0.2) is 0 Å². The summed E-state index contributed by atoms with van der Waals surface area (Å²) in [6.45, 7) is 10.9. The van der Waals surface area contributed by atoms with E-state index in [-0.39, 0.29) is 24.8 Å². The molecule has 2 atom stereocenters. The Balaban J connectivity index is 1.33. The van der Waals surface area contributed by atoms with Crippen molar-refractivity contribution in [2.24, 2.45) is 0 Å². The number of carbonyl (C=O) groups is 4. The smallest absolute Gasteiger partial charge is 0.419 e. The predicted octanol–water partition coefficient (Wildman–Crippen LogP) is 6.72. The van der Waals surface area contributed by atoms with Gasteiger partial charge in [-0.25, -0.2) is 14.5 Å². The molecule has 2 aliphatic heterocycles. The van der Waals surface area contributed by atoms with Crippen LogP contribution in [0.15, 0.2) is 24.3 Å². The van der Waals surface area contributed by atoms with E-state index in [1.807, 2.05) is 18.2 Å². The maximum Gasteiger partial charge on any atom is 0.419 e. The van der Waals surface area contributed by atoms with Crippen molar-refractivity contribution < 1.29 is 33.8 Å². The normalized spacial score (nSPS) is 18.5. The Morgan fingerprint density at radius 1 is 0.913 bits per heavy atom. The van der Waals surface area contributed by atoms with Crippen LogP contribution in [0, 0.1) is 0 Å². The van der Waals surface area contributed by atoms with Crippen LogP contribution < -0.4 is 15.1 Å². The van der Waals surface area contributed by atoms with Crippen molar-refractivity contribution in [3.63, 3.8) is 0 Å². The van der Waals surface area contributed by atoms with Gasteiger partial charge in [-0.3, -0.25) is 14.9 Å². The van der Waals surface area contributed by atoms with Crippen LogP contribution in [0.5, 0.6) is 0 Å². The van der Waals surface area contributed by atoms with Crippen molar-refractivity contribution in [3.05, 3.63) is 29.8 Å². The second-order valence-electron chi connectivity index (χ2n) is 14.2. The summed E-state index contributed by atoms with van der Waals surface area (Å²) in [7, 11) is 1.80. The largest absolute Gasteiger partial charge is 0.443 e. The summed E-state index contributed by atoms with van der Waals surface area (Å²) in [5.41, 5.74) is 1.27. The molecule has 4 amide bonds. The van der Waals surface area contributed by atoms with Crippen LogP contribution in [-0.4, -0.2) is 71.2 Å². The number of imide groups is 2. The topological polar surface area (TPSA) is 129 Å². The van der Waals surface area contributed by atoms with Gasteiger partial charge in [0.2, 0.25) is 18.2 Å². The Bertz CT molecular complexity index is 1220. The number of aliphatic hydroxyl groups is 1. The second kappa shape index (κ2) is 16.3. The average Bonchev–Trinajstić information content (AvgIpc) is 3.18. The summed E-state index contributed by atoms with van der Waals surface area (Å²) in [5.74, 6) is -0.648. The maximum atomic E-state index is 12.6. The highest BCUT2D eigenvalue weighted by molar-refractivity contribution is 6.02. The molecule has 0 aliphatic carbocycles. The van der Waals surface area contributed by atoms with Crippen LogP contribution in [0.1, 0.15) is 118 Å². The van der Waals surface area contributed by atoms with Gasteiger partial charge in [0.25, 0.3) is 0 Å². The van der Waals surface area contributed by atoms with Crippen molar-refractivity contribution in [2.45, 2.75) is 136 Å². The number of amides is 4. The van der Waals surface area contributed by atoms with Crippen molar-refractivity contribution in [1.29, 1.82) is 0 Å². The zero-order chi connectivity index (χ0) is 34.1. The fraction of sp³-hybridized carbons (Fsp3) is 0.657. The van der Waals surface area contributed by atoms with Gasteiger partial charge in [-0.15, -0.1) is 0 Å². The lowest BCUT2D eigenvalue weighted by molar-refractivity contribution is -0.134. The summed E-state index contributed by atoms with van der Waals surface area (Å²) in [6, 6.07) is 5.34. The zero-order valence-corrected chi connectivity index (χ0v) is 28.8. The molecule has 0 saturated carbocycles. The standard InChI is InChI=1S/C35H54N4O7/c1-34(2,3)45-32(43)38(33(44)46-35(4,5)6)23-17-15-13-11-9-8-10-12-14-16-18-25-19-20-26-28(24-25)37(7)31(42)39(26)27-21-22-29(40)36-30(27)41/h16,18-20,24,27,31,42H,8-15,17,21-23H2,1-7H3,(H,36,40,41)/b18-16+. The van der Waals surface area contributed by atoms with E-state index in [9.17, 15) is 24.3 Å². The molecule has 2 heterocycles. The third-order valence-electron chi connectivity index (χ3n) is 7.84. The third kappa shape index (κ3) is 11.0. The molecule has 1 aromatic rings. The van der Waals surface area contributed by atoms with E-state index in [0.29, 0.717) is 12.8 Å². The minimum atomic E-state index is -0.970. The molecule has 0 radical (unpaired) electrons. The highest BCUT2D eigenvalue weighted by Crippen LogP contribution is 2.41. The Kier molecular flexibility index (Phi) is 13.1. The number of piperidine rings is 1. The average molecular weight is 643 g/mol. The zero-order valence-electron chi connectivity index (χ0n) is 28.8. The lowest BCUT2D eigenvalue weighted by Crippen LogP contribution is -2.56. The molecular weight excluding hydrogens is 588 g/mol. The highest BCUT2D eigenvalue weighted by Gasteiger charge is 2.42. The number of nitrogens with one attached hydrogen (secondary N) is 1. The van der Waals surface area contributed by atoms with Crippen molar-refractivity contribution in [2.75, 3.05) is 23.4 Å². The monoisotopic (exact) mass is 642 g/mol. The van der Waals surface area contributed by atoms with E-state index < -0.39 is 35.8 Å². The molecule has 1 saturated heterocycles. The molecule has 0 spiro atoms. The van der Waals surface area contributed by atoms with Gasteiger partial charge in [0.05, 0.1) is 11.4 Å². The highest BCUT2D eigenvalue weighted by atomic mass is 16.6. The third-order valence-corrected chi connectivity index (χ3v) is 7.84. The number of hydrogen-bond acceptors (Lipinski definition) is 9. The first kappa shape index (κ1) is 36.9. The molecular formula is C35H54N4O7. The van der Waals surface area contributed by atoms with Gasteiger partial charge in [-0.05, 0) is 84.9 Å². The fourth-order valence-electron chi connectivity index (χ4n) is 5.56. The maximum absolute atomic E-state index is 12.6. The van der Waals surface area contributed by atoms with E-state index in [0.717, 1.165) is 73.2 Å². The van der Waals surface area contributed by atoms with Crippen LogP contribution in [0.25, 0.3) is 6.08 Å². The van der Waals surface area contributed by atoms with E-state index in [1.165, 1.54) is 0 Å².